The standard InChI is InChI=1S/C16H14ClN3O.H2O4Se/c1-18-15-10-20(21)16(11-5-3-2-4-6-11)13-9-12(17)7-8-14(13)19-15;1-5(2,3)4/h2-9H,10H2,1H3,(H,18,19);(H2,1,2,3,4). The molecule has 3 N–H and O–H groups in total. The van der Waals surface area contributed by atoms with Gasteiger partial charge in [0.25, 0.3) is 0 Å². The fourth-order valence-electron chi connectivity index (χ4n) is 2.36. The summed E-state index contributed by atoms with van der Waals surface area (Å²) in [5.74, 6) is 0.625. The molecule has 26 heavy (non-hydrogen) atoms. The van der Waals surface area contributed by atoms with Crippen molar-refractivity contribution >= 4 is 42.2 Å². The zero-order valence-electron chi connectivity index (χ0n) is 13.6. The molecule has 3 rings (SSSR count). The van der Waals surface area contributed by atoms with E-state index >= 15 is 0 Å². The Labute approximate surface area is 157 Å². The van der Waals surface area contributed by atoms with Crippen LogP contribution in [0.15, 0.2) is 53.5 Å². The second-order valence-electron chi connectivity index (χ2n) is 5.17. The van der Waals surface area contributed by atoms with Crippen LogP contribution in [0.2, 0.25) is 5.02 Å². The monoisotopic (exact) mass is 445 g/mol. The number of benzene rings is 2. The van der Waals surface area contributed by atoms with Gasteiger partial charge >= 0.3 is 29.4 Å². The summed E-state index contributed by atoms with van der Waals surface area (Å²) in [7, 11) is 1.76. The first-order valence-corrected chi connectivity index (χ1v) is 10.6. The van der Waals surface area contributed by atoms with Crippen molar-refractivity contribution in [3.63, 3.8) is 0 Å². The molecule has 0 amide bonds. The zero-order valence-corrected chi connectivity index (χ0v) is 16.1. The van der Waals surface area contributed by atoms with Gasteiger partial charge in [0.15, 0.2) is 5.84 Å². The number of aliphatic imine (C=N–C) groups is 1. The van der Waals surface area contributed by atoms with Crippen LogP contribution in [0.4, 0.5) is 5.69 Å². The molecule has 0 aromatic heterocycles. The average Bonchev–Trinajstić information content (AvgIpc) is 2.69. The van der Waals surface area contributed by atoms with E-state index < -0.39 is 13.4 Å². The predicted molar refractivity (Wildman–Crippen MR) is 97.3 cm³/mol. The quantitative estimate of drug-likeness (QED) is 0.345. The third-order valence-corrected chi connectivity index (χ3v) is 3.58. The van der Waals surface area contributed by atoms with Gasteiger partial charge in [0, 0.05) is 17.6 Å². The molecule has 0 spiro atoms. The predicted octanol–water partition coefficient (Wildman–Crippen LogP) is 1.22. The molecule has 138 valence electrons. The molecule has 1 aliphatic rings. The molecule has 8 nitrogen and oxygen atoms in total. The normalized spacial score (nSPS) is 13.8. The third kappa shape index (κ3) is 5.62. The first-order valence-electron chi connectivity index (χ1n) is 7.31. The fourth-order valence-corrected chi connectivity index (χ4v) is 2.53. The van der Waals surface area contributed by atoms with E-state index in [4.69, 9.17) is 27.6 Å². The molecule has 0 bridgehead atoms. The van der Waals surface area contributed by atoms with Crippen LogP contribution in [0, 0.1) is 5.21 Å². The van der Waals surface area contributed by atoms with E-state index in [9.17, 15) is 5.21 Å². The number of nitrogens with zero attached hydrogens (tertiary/aromatic N) is 2. The number of likely N-dealkylation sites (N-methyl/N-ethyl adjacent to an activating group) is 1. The molecule has 0 unspecified atom stereocenters. The number of halogens is 1. The number of hydrogen-bond donors (Lipinski definition) is 3. The van der Waals surface area contributed by atoms with Gasteiger partial charge in [0.05, 0.1) is 11.3 Å². The Bertz CT molecular complexity index is 951. The SMILES string of the molecule is CNC1=Nc2ccc(Cl)cc2C(c2ccccc2)=[N+]([O-])C1.O=[Se](=O)(O)O. The summed E-state index contributed by atoms with van der Waals surface area (Å²) in [5.41, 5.74) is 2.92. The molecule has 10 heteroatoms. The molecule has 0 saturated carbocycles. The molecule has 2 aromatic rings. The number of rotatable bonds is 1. The van der Waals surface area contributed by atoms with E-state index in [1.807, 2.05) is 36.4 Å². The number of hydroxylamine groups is 1. The van der Waals surface area contributed by atoms with Crippen LogP contribution in [0.1, 0.15) is 11.1 Å². The number of amidine groups is 1. The number of fused-ring (bicyclic) bond motifs is 1. The summed E-state index contributed by atoms with van der Waals surface area (Å²) in [5, 5.41) is 16.1. The van der Waals surface area contributed by atoms with Crippen molar-refractivity contribution in [1.82, 2.24) is 5.32 Å². The van der Waals surface area contributed by atoms with Crippen molar-refractivity contribution in [3.05, 3.63) is 69.9 Å². The zero-order chi connectivity index (χ0) is 19.3. The van der Waals surface area contributed by atoms with Crippen molar-refractivity contribution in [2.45, 2.75) is 0 Å². The van der Waals surface area contributed by atoms with E-state index in [-0.39, 0.29) is 6.54 Å². The van der Waals surface area contributed by atoms with Crippen LogP contribution in [0.5, 0.6) is 0 Å². The summed E-state index contributed by atoms with van der Waals surface area (Å²) in [6, 6.07) is 15.0. The summed E-state index contributed by atoms with van der Waals surface area (Å²) in [4.78, 5) is 4.51. The van der Waals surface area contributed by atoms with Gasteiger partial charge in [-0.05, 0) is 30.3 Å². The van der Waals surface area contributed by atoms with Crippen molar-refractivity contribution in [2.24, 2.45) is 4.99 Å². The van der Waals surface area contributed by atoms with Crippen LogP contribution in [0.25, 0.3) is 0 Å². The van der Waals surface area contributed by atoms with E-state index in [1.54, 1.807) is 19.2 Å². The van der Waals surface area contributed by atoms with Gasteiger partial charge in [-0.1, -0.05) is 29.8 Å². The van der Waals surface area contributed by atoms with Crippen LogP contribution in [0.3, 0.4) is 0 Å². The second kappa shape index (κ2) is 8.39. The van der Waals surface area contributed by atoms with Gasteiger partial charge in [0.2, 0.25) is 12.3 Å². The molecule has 2 aromatic carbocycles. The van der Waals surface area contributed by atoms with Gasteiger partial charge in [-0.25, -0.2) is 4.99 Å². The van der Waals surface area contributed by atoms with Gasteiger partial charge in [0.1, 0.15) is 0 Å². The molecule has 0 saturated heterocycles. The Morgan fingerprint density at radius 2 is 1.81 bits per heavy atom. The maximum atomic E-state index is 12.6. The van der Waals surface area contributed by atoms with E-state index in [2.05, 4.69) is 10.3 Å². The maximum absolute atomic E-state index is 12.6. The summed E-state index contributed by atoms with van der Waals surface area (Å²) < 4.78 is 32.8. The number of hydrogen-bond acceptors (Lipinski definition) is 5. The Hall–Kier alpha value is -2.29. The summed E-state index contributed by atoms with van der Waals surface area (Å²) in [6.07, 6.45) is 0. The Morgan fingerprint density at radius 3 is 2.38 bits per heavy atom. The van der Waals surface area contributed by atoms with Crippen LogP contribution in [-0.4, -0.2) is 51.6 Å². The van der Waals surface area contributed by atoms with Crippen LogP contribution in [-0.2, 0) is 7.67 Å². The summed E-state index contributed by atoms with van der Waals surface area (Å²) in [6.45, 7) is 0.174. The van der Waals surface area contributed by atoms with Crippen LogP contribution < -0.4 is 5.32 Å². The Balaban J connectivity index is 0.000000431. The van der Waals surface area contributed by atoms with Gasteiger partial charge in [-0.3, -0.25) is 0 Å². The van der Waals surface area contributed by atoms with Gasteiger partial charge < -0.3 is 10.5 Å². The molecule has 1 aliphatic heterocycles. The van der Waals surface area contributed by atoms with Crippen molar-refractivity contribution in [2.75, 3.05) is 13.6 Å². The minimum absolute atomic E-state index is 0.174. The topological polar surface area (TPSA) is 125 Å². The van der Waals surface area contributed by atoms with Crippen LogP contribution >= 0.6 is 11.6 Å². The molecule has 0 radical (unpaired) electrons. The summed E-state index contributed by atoms with van der Waals surface area (Å²) >= 11 is 0.853. The number of nitrogens with one attached hydrogen (secondary N) is 1. The Kier molecular flexibility index (Phi) is 6.47. The molecular weight excluding hydrogens is 429 g/mol. The molecule has 0 atom stereocenters. The van der Waals surface area contributed by atoms with E-state index in [1.165, 1.54) is 0 Å². The van der Waals surface area contributed by atoms with Gasteiger partial charge in [-0.15, -0.1) is 0 Å². The minimum atomic E-state index is -5.25. The fraction of sp³-hybridized carbons (Fsp3) is 0.125. The first-order chi connectivity index (χ1) is 12.2. The van der Waals surface area contributed by atoms with E-state index in [0.717, 1.165) is 21.6 Å². The Morgan fingerprint density at radius 1 is 1.19 bits per heavy atom. The third-order valence-electron chi connectivity index (χ3n) is 3.35. The van der Waals surface area contributed by atoms with Crippen molar-refractivity contribution in [1.29, 1.82) is 0 Å². The average molecular weight is 445 g/mol. The van der Waals surface area contributed by atoms with Gasteiger partial charge in [-0.2, -0.15) is 4.74 Å². The van der Waals surface area contributed by atoms with Crippen molar-refractivity contribution in [3.8, 4) is 0 Å². The molecule has 0 fully saturated rings. The van der Waals surface area contributed by atoms with Crippen molar-refractivity contribution < 1.29 is 20.8 Å². The van der Waals surface area contributed by atoms with E-state index in [0.29, 0.717) is 16.6 Å². The molecule has 1 heterocycles. The first kappa shape index (κ1) is 20.0. The molecular formula is C16H16ClN3O5Se. The second-order valence-corrected chi connectivity index (χ2v) is 7.48. The molecule has 0 aliphatic carbocycles.